The van der Waals surface area contributed by atoms with Crippen LogP contribution in [0.2, 0.25) is 0 Å². The van der Waals surface area contributed by atoms with Crippen molar-refractivity contribution in [2.45, 2.75) is 52.6 Å². The summed E-state index contributed by atoms with van der Waals surface area (Å²) in [6, 6.07) is 9.34. The standard InChI is InChI=1S/C23H37N3O3/c1-17(2)14-20(26-10-12-29-13-11-26)16-24-23(28)22(18(3)4)25-21(27)15-19-8-6-5-7-9-19/h5-9,17-18,20,22H,10-16H2,1-4H3,(H,24,28)(H,25,27). The Morgan fingerprint density at radius 3 is 2.31 bits per heavy atom. The molecule has 2 N–H and O–H groups in total. The lowest BCUT2D eigenvalue weighted by molar-refractivity contribution is -0.130. The van der Waals surface area contributed by atoms with E-state index in [1.807, 2.05) is 44.2 Å². The molecule has 2 atom stereocenters. The van der Waals surface area contributed by atoms with E-state index in [4.69, 9.17) is 4.74 Å². The zero-order valence-electron chi connectivity index (χ0n) is 18.3. The van der Waals surface area contributed by atoms with Crippen LogP contribution in [0, 0.1) is 11.8 Å². The van der Waals surface area contributed by atoms with E-state index in [1.165, 1.54) is 0 Å². The van der Waals surface area contributed by atoms with Crippen molar-refractivity contribution in [1.82, 2.24) is 15.5 Å². The summed E-state index contributed by atoms with van der Waals surface area (Å²) in [6.07, 6.45) is 1.30. The predicted molar refractivity (Wildman–Crippen MR) is 116 cm³/mol. The summed E-state index contributed by atoms with van der Waals surface area (Å²) in [5.74, 6) is 0.327. The SMILES string of the molecule is CC(C)CC(CNC(=O)C(NC(=O)Cc1ccccc1)C(C)C)N1CCOCC1. The summed E-state index contributed by atoms with van der Waals surface area (Å²) >= 11 is 0. The van der Waals surface area contributed by atoms with Crippen molar-refractivity contribution >= 4 is 11.8 Å². The van der Waals surface area contributed by atoms with E-state index in [9.17, 15) is 9.59 Å². The van der Waals surface area contributed by atoms with Crippen LogP contribution in [0.5, 0.6) is 0 Å². The molecule has 1 aromatic rings. The lowest BCUT2D eigenvalue weighted by Gasteiger charge is -2.36. The maximum absolute atomic E-state index is 12.9. The van der Waals surface area contributed by atoms with Gasteiger partial charge < -0.3 is 15.4 Å². The van der Waals surface area contributed by atoms with Gasteiger partial charge in [0.25, 0.3) is 0 Å². The Labute approximate surface area is 175 Å². The molecule has 2 amide bonds. The molecule has 1 aliphatic heterocycles. The number of ether oxygens (including phenoxy) is 1. The summed E-state index contributed by atoms with van der Waals surface area (Å²) in [7, 11) is 0. The topological polar surface area (TPSA) is 70.7 Å². The van der Waals surface area contributed by atoms with Crippen LogP contribution < -0.4 is 10.6 Å². The van der Waals surface area contributed by atoms with Crippen LogP contribution in [0.15, 0.2) is 30.3 Å². The van der Waals surface area contributed by atoms with Crippen molar-refractivity contribution in [1.29, 1.82) is 0 Å². The first-order chi connectivity index (χ1) is 13.9. The zero-order valence-corrected chi connectivity index (χ0v) is 18.3. The lowest BCUT2D eigenvalue weighted by atomic mass is 10.00. The molecule has 29 heavy (non-hydrogen) atoms. The normalized spacial score (nSPS) is 17.2. The number of carbonyl (C=O) groups excluding carboxylic acids is 2. The number of nitrogens with one attached hydrogen (secondary N) is 2. The lowest BCUT2D eigenvalue weighted by Crippen LogP contribution is -2.54. The average molecular weight is 404 g/mol. The number of morpholine rings is 1. The number of amides is 2. The second-order valence-corrected chi connectivity index (χ2v) is 8.63. The summed E-state index contributed by atoms with van der Waals surface area (Å²) in [5, 5.41) is 6.02. The Balaban J connectivity index is 1.91. The molecule has 0 spiro atoms. The number of hydrogen-bond acceptors (Lipinski definition) is 4. The molecule has 0 aliphatic carbocycles. The van der Waals surface area contributed by atoms with E-state index in [0.717, 1.165) is 38.3 Å². The molecule has 0 bridgehead atoms. The summed E-state index contributed by atoms with van der Waals surface area (Å²) < 4.78 is 5.47. The van der Waals surface area contributed by atoms with Crippen molar-refractivity contribution in [3.63, 3.8) is 0 Å². The fourth-order valence-corrected chi connectivity index (χ4v) is 3.72. The Kier molecular flexibility index (Phi) is 9.61. The fraction of sp³-hybridized carbons (Fsp3) is 0.652. The number of nitrogens with zero attached hydrogens (tertiary/aromatic N) is 1. The maximum atomic E-state index is 12.9. The first-order valence-electron chi connectivity index (χ1n) is 10.8. The number of benzene rings is 1. The van der Waals surface area contributed by atoms with Gasteiger partial charge in [0.1, 0.15) is 6.04 Å². The van der Waals surface area contributed by atoms with E-state index < -0.39 is 6.04 Å². The van der Waals surface area contributed by atoms with Gasteiger partial charge >= 0.3 is 0 Å². The van der Waals surface area contributed by atoms with Crippen molar-refractivity contribution in [3.05, 3.63) is 35.9 Å². The smallest absolute Gasteiger partial charge is 0.242 e. The van der Waals surface area contributed by atoms with Crippen LogP contribution in [0.25, 0.3) is 0 Å². The highest BCUT2D eigenvalue weighted by molar-refractivity contribution is 5.88. The van der Waals surface area contributed by atoms with Gasteiger partial charge in [0.05, 0.1) is 19.6 Å². The first kappa shape index (κ1) is 23.4. The van der Waals surface area contributed by atoms with E-state index in [2.05, 4.69) is 29.4 Å². The fourth-order valence-electron chi connectivity index (χ4n) is 3.72. The van der Waals surface area contributed by atoms with E-state index in [-0.39, 0.29) is 30.2 Å². The summed E-state index contributed by atoms with van der Waals surface area (Å²) in [5.41, 5.74) is 0.942. The molecule has 6 heteroatoms. The molecule has 1 fully saturated rings. The third-order valence-electron chi connectivity index (χ3n) is 5.29. The zero-order chi connectivity index (χ0) is 21.2. The molecule has 1 aromatic carbocycles. The van der Waals surface area contributed by atoms with Gasteiger partial charge in [-0.25, -0.2) is 0 Å². The van der Waals surface area contributed by atoms with Gasteiger partial charge in [-0.15, -0.1) is 0 Å². The monoisotopic (exact) mass is 403 g/mol. The van der Waals surface area contributed by atoms with Gasteiger partial charge in [0.15, 0.2) is 0 Å². The number of carbonyl (C=O) groups is 2. The van der Waals surface area contributed by atoms with Crippen molar-refractivity contribution in [2.24, 2.45) is 11.8 Å². The molecule has 1 saturated heterocycles. The summed E-state index contributed by atoms with van der Waals surface area (Å²) in [6.45, 7) is 12.2. The molecule has 2 rings (SSSR count). The van der Waals surface area contributed by atoms with Gasteiger partial charge in [-0.2, -0.15) is 0 Å². The van der Waals surface area contributed by atoms with Crippen molar-refractivity contribution in [2.75, 3.05) is 32.8 Å². The molecule has 1 heterocycles. The highest BCUT2D eigenvalue weighted by atomic mass is 16.5. The highest BCUT2D eigenvalue weighted by Gasteiger charge is 2.27. The van der Waals surface area contributed by atoms with Crippen LogP contribution >= 0.6 is 0 Å². The van der Waals surface area contributed by atoms with Crippen molar-refractivity contribution < 1.29 is 14.3 Å². The molecular weight excluding hydrogens is 366 g/mol. The second kappa shape index (κ2) is 11.9. The van der Waals surface area contributed by atoms with Crippen LogP contribution in [-0.4, -0.2) is 61.6 Å². The van der Waals surface area contributed by atoms with Gasteiger partial charge in [-0.3, -0.25) is 14.5 Å². The van der Waals surface area contributed by atoms with Gasteiger partial charge in [-0.05, 0) is 23.8 Å². The second-order valence-electron chi connectivity index (χ2n) is 8.63. The minimum atomic E-state index is -0.532. The number of hydrogen-bond donors (Lipinski definition) is 2. The quantitative estimate of drug-likeness (QED) is 0.629. The van der Waals surface area contributed by atoms with Gasteiger partial charge in [0, 0.05) is 25.7 Å². The van der Waals surface area contributed by atoms with Gasteiger partial charge in [-0.1, -0.05) is 58.0 Å². The third-order valence-corrected chi connectivity index (χ3v) is 5.29. The van der Waals surface area contributed by atoms with E-state index in [0.29, 0.717) is 12.5 Å². The molecule has 2 unspecified atom stereocenters. The molecule has 162 valence electrons. The maximum Gasteiger partial charge on any atom is 0.242 e. The molecular formula is C23H37N3O3. The summed E-state index contributed by atoms with van der Waals surface area (Å²) in [4.78, 5) is 27.7. The van der Waals surface area contributed by atoms with Crippen LogP contribution in [0.3, 0.4) is 0 Å². The van der Waals surface area contributed by atoms with Crippen LogP contribution in [-0.2, 0) is 20.7 Å². The van der Waals surface area contributed by atoms with E-state index in [1.54, 1.807) is 0 Å². The highest BCUT2D eigenvalue weighted by Crippen LogP contribution is 2.13. The first-order valence-corrected chi connectivity index (χ1v) is 10.8. The largest absolute Gasteiger partial charge is 0.379 e. The molecule has 6 nitrogen and oxygen atoms in total. The van der Waals surface area contributed by atoms with Crippen LogP contribution in [0.1, 0.15) is 39.7 Å². The third kappa shape index (κ3) is 8.15. The minimum absolute atomic E-state index is 0.0154. The molecule has 0 saturated carbocycles. The molecule has 0 radical (unpaired) electrons. The minimum Gasteiger partial charge on any atom is -0.379 e. The van der Waals surface area contributed by atoms with Crippen molar-refractivity contribution in [3.8, 4) is 0 Å². The number of rotatable bonds is 10. The Bertz CT molecular complexity index is 628. The molecule has 1 aliphatic rings. The predicted octanol–water partition coefficient (Wildman–Crippen LogP) is 2.23. The molecule has 0 aromatic heterocycles. The Hall–Kier alpha value is -1.92. The van der Waals surface area contributed by atoms with E-state index >= 15 is 0 Å². The Morgan fingerprint density at radius 2 is 1.72 bits per heavy atom. The van der Waals surface area contributed by atoms with Gasteiger partial charge in [0.2, 0.25) is 11.8 Å². The Morgan fingerprint density at radius 1 is 1.07 bits per heavy atom. The van der Waals surface area contributed by atoms with Crippen LogP contribution in [0.4, 0.5) is 0 Å². The average Bonchev–Trinajstić information content (AvgIpc) is 2.70.